The minimum atomic E-state index is -0.803. The fourth-order valence-corrected chi connectivity index (χ4v) is 1.74. The van der Waals surface area contributed by atoms with Gasteiger partial charge in [-0.3, -0.25) is 0 Å². The second-order valence-electron chi connectivity index (χ2n) is 4.79. The molecule has 0 saturated carbocycles. The lowest BCUT2D eigenvalue weighted by molar-refractivity contribution is 0.0514. The van der Waals surface area contributed by atoms with E-state index in [1.807, 2.05) is 0 Å². The van der Waals surface area contributed by atoms with E-state index in [1.165, 1.54) is 6.07 Å². The van der Waals surface area contributed by atoms with Gasteiger partial charge in [-0.1, -0.05) is 19.9 Å². The Morgan fingerprint density at radius 3 is 2.75 bits per heavy atom. The van der Waals surface area contributed by atoms with E-state index >= 15 is 0 Å². The quantitative estimate of drug-likeness (QED) is 0.758. The van der Waals surface area contributed by atoms with Gasteiger partial charge in [0.1, 0.15) is 5.82 Å². The Bertz CT molecular complexity index is 340. The van der Waals surface area contributed by atoms with Crippen LogP contribution in [0.4, 0.5) is 10.2 Å². The summed E-state index contributed by atoms with van der Waals surface area (Å²) in [5, 5.41) is 13.0. The minimum Gasteiger partial charge on any atom is -0.388 e. The molecule has 0 aliphatic heterocycles. The molecule has 90 valence electrons. The van der Waals surface area contributed by atoms with Crippen molar-refractivity contribution in [3.63, 3.8) is 0 Å². The van der Waals surface area contributed by atoms with Crippen LogP contribution in [0.1, 0.15) is 27.2 Å². The van der Waals surface area contributed by atoms with Crippen LogP contribution in [0.5, 0.6) is 0 Å². The van der Waals surface area contributed by atoms with Gasteiger partial charge in [0.2, 0.25) is 5.95 Å². The van der Waals surface area contributed by atoms with Crippen molar-refractivity contribution in [2.75, 3.05) is 11.9 Å². The molecule has 0 fully saturated rings. The third kappa shape index (κ3) is 4.57. The molecule has 3 nitrogen and oxygen atoms in total. The highest BCUT2D eigenvalue weighted by Crippen LogP contribution is 2.16. The molecule has 1 rings (SSSR count). The smallest absolute Gasteiger partial charge is 0.214 e. The number of anilines is 1. The summed E-state index contributed by atoms with van der Waals surface area (Å²) in [6.45, 7) is 6.23. The number of hydrogen-bond donors (Lipinski definition) is 2. The summed E-state index contributed by atoms with van der Waals surface area (Å²) in [6.07, 6.45) is 0.690. The largest absolute Gasteiger partial charge is 0.388 e. The Morgan fingerprint density at radius 1 is 1.50 bits per heavy atom. The summed E-state index contributed by atoms with van der Waals surface area (Å²) in [5.41, 5.74) is -0.803. The average Bonchev–Trinajstić information content (AvgIpc) is 2.13. The van der Waals surface area contributed by atoms with Crippen molar-refractivity contribution < 1.29 is 9.50 Å². The van der Waals surface area contributed by atoms with Gasteiger partial charge in [-0.05, 0) is 31.4 Å². The van der Waals surface area contributed by atoms with Crippen LogP contribution in [0, 0.1) is 11.9 Å². The van der Waals surface area contributed by atoms with Crippen molar-refractivity contribution in [3.8, 4) is 0 Å². The van der Waals surface area contributed by atoms with Crippen molar-refractivity contribution >= 4 is 5.82 Å². The molecule has 4 heteroatoms. The van der Waals surface area contributed by atoms with E-state index < -0.39 is 11.5 Å². The van der Waals surface area contributed by atoms with Crippen molar-refractivity contribution in [2.45, 2.75) is 32.8 Å². The van der Waals surface area contributed by atoms with E-state index in [4.69, 9.17) is 0 Å². The van der Waals surface area contributed by atoms with Crippen molar-refractivity contribution in [1.29, 1.82) is 0 Å². The van der Waals surface area contributed by atoms with Crippen LogP contribution in [-0.2, 0) is 0 Å². The topological polar surface area (TPSA) is 45.1 Å². The summed E-state index contributed by atoms with van der Waals surface area (Å²) in [5.74, 6) is 0.342. The molecule has 1 unspecified atom stereocenters. The Hall–Kier alpha value is -1.16. The molecule has 0 spiro atoms. The van der Waals surface area contributed by atoms with Gasteiger partial charge in [0.25, 0.3) is 0 Å². The average molecular weight is 226 g/mol. The second kappa shape index (κ2) is 5.25. The lowest BCUT2D eigenvalue weighted by Crippen LogP contribution is -2.35. The van der Waals surface area contributed by atoms with Crippen molar-refractivity contribution in [1.82, 2.24) is 4.98 Å². The van der Waals surface area contributed by atoms with E-state index in [0.717, 1.165) is 0 Å². The van der Waals surface area contributed by atoms with E-state index in [0.29, 0.717) is 24.7 Å². The third-order valence-corrected chi connectivity index (χ3v) is 2.21. The predicted molar refractivity (Wildman–Crippen MR) is 62.8 cm³/mol. The van der Waals surface area contributed by atoms with Gasteiger partial charge < -0.3 is 10.4 Å². The molecule has 0 aliphatic carbocycles. The zero-order chi connectivity index (χ0) is 12.2. The fourth-order valence-electron chi connectivity index (χ4n) is 1.74. The Kier molecular flexibility index (Phi) is 4.24. The van der Waals surface area contributed by atoms with Gasteiger partial charge in [-0.15, -0.1) is 0 Å². The Balaban J connectivity index is 2.50. The lowest BCUT2D eigenvalue weighted by atomic mass is 9.94. The Labute approximate surface area is 95.7 Å². The van der Waals surface area contributed by atoms with E-state index in [2.05, 4.69) is 24.1 Å². The number of nitrogens with zero attached hydrogens (tertiary/aromatic N) is 1. The van der Waals surface area contributed by atoms with Crippen LogP contribution in [-0.4, -0.2) is 22.2 Å². The lowest BCUT2D eigenvalue weighted by Gasteiger charge is -2.25. The zero-order valence-electron chi connectivity index (χ0n) is 10.00. The van der Waals surface area contributed by atoms with Gasteiger partial charge in [0, 0.05) is 6.54 Å². The molecule has 1 atom stereocenters. The van der Waals surface area contributed by atoms with Gasteiger partial charge >= 0.3 is 0 Å². The molecule has 0 radical (unpaired) electrons. The highest BCUT2D eigenvalue weighted by molar-refractivity contribution is 5.33. The van der Waals surface area contributed by atoms with Crippen molar-refractivity contribution in [2.24, 2.45) is 5.92 Å². The molecular formula is C12H19FN2O. The predicted octanol–water partition coefficient (Wildman–Crippen LogP) is 2.43. The maximum atomic E-state index is 12.8. The SMILES string of the molecule is CC(C)CC(C)(O)CNc1cccc(F)n1. The summed E-state index contributed by atoms with van der Waals surface area (Å²) in [4.78, 5) is 3.67. The number of halogens is 1. The van der Waals surface area contributed by atoms with Crippen LogP contribution in [0.25, 0.3) is 0 Å². The number of hydrogen-bond acceptors (Lipinski definition) is 3. The highest BCUT2D eigenvalue weighted by Gasteiger charge is 2.21. The first-order valence-corrected chi connectivity index (χ1v) is 5.48. The summed E-state index contributed by atoms with van der Waals surface area (Å²) in [7, 11) is 0. The number of pyridine rings is 1. The number of aliphatic hydroxyl groups is 1. The molecule has 1 aromatic heterocycles. The molecule has 16 heavy (non-hydrogen) atoms. The van der Waals surface area contributed by atoms with E-state index in [1.54, 1.807) is 19.1 Å². The first kappa shape index (κ1) is 12.9. The Morgan fingerprint density at radius 2 is 2.19 bits per heavy atom. The number of rotatable bonds is 5. The van der Waals surface area contributed by atoms with Gasteiger partial charge in [0.05, 0.1) is 5.60 Å². The maximum absolute atomic E-state index is 12.8. The molecule has 0 aliphatic rings. The molecule has 1 aromatic rings. The molecule has 1 heterocycles. The zero-order valence-corrected chi connectivity index (χ0v) is 10.00. The van der Waals surface area contributed by atoms with Crippen LogP contribution in [0.3, 0.4) is 0 Å². The highest BCUT2D eigenvalue weighted by atomic mass is 19.1. The van der Waals surface area contributed by atoms with Crippen LogP contribution in [0.2, 0.25) is 0 Å². The molecule has 0 aromatic carbocycles. The molecule has 2 N–H and O–H groups in total. The summed E-state index contributed by atoms with van der Waals surface area (Å²) < 4.78 is 12.8. The first-order valence-electron chi connectivity index (χ1n) is 5.48. The van der Waals surface area contributed by atoms with Gasteiger partial charge in [-0.2, -0.15) is 4.39 Å². The maximum Gasteiger partial charge on any atom is 0.214 e. The van der Waals surface area contributed by atoms with Crippen LogP contribution < -0.4 is 5.32 Å². The third-order valence-electron chi connectivity index (χ3n) is 2.21. The molecule has 0 saturated heterocycles. The van der Waals surface area contributed by atoms with Gasteiger partial charge in [0.15, 0.2) is 0 Å². The standard InChI is InChI=1S/C12H19FN2O/c1-9(2)7-12(3,16)8-14-11-6-4-5-10(13)15-11/h4-6,9,16H,7-8H2,1-3H3,(H,14,15). The number of aromatic nitrogens is 1. The van der Waals surface area contributed by atoms with Crippen LogP contribution in [0.15, 0.2) is 18.2 Å². The van der Waals surface area contributed by atoms with E-state index in [9.17, 15) is 9.50 Å². The second-order valence-corrected chi connectivity index (χ2v) is 4.79. The summed E-state index contributed by atoms with van der Waals surface area (Å²) >= 11 is 0. The van der Waals surface area contributed by atoms with E-state index in [-0.39, 0.29) is 0 Å². The van der Waals surface area contributed by atoms with Gasteiger partial charge in [-0.25, -0.2) is 4.98 Å². The molecular weight excluding hydrogens is 207 g/mol. The first-order chi connectivity index (χ1) is 7.39. The summed E-state index contributed by atoms with van der Waals surface area (Å²) in [6, 6.07) is 4.55. The molecule has 0 bridgehead atoms. The number of nitrogens with one attached hydrogen (secondary N) is 1. The monoisotopic (exact) mass is 226 g/mol. The minimum absolute atomic E-state index is 0.363. The normalized spacial score (nSPS) is 14.9. The fraction of sp³-hybridized carbons (Fsp3) is 0.583. The van der Waals surface area contributed by atoms with Crippen LogP contribution >= 0.6 is 0 Å². The van der Waals surface area contributed by atoms with Crippen molar-refractivity contribution in [3.05, 3.63) is 24.1 Å². The molecule has 0 amide bonds.